The Morgan fingerprint density at radius 3 is 2.37 bits per heavy atom. The Morgan fingerprint density at radius 1 is 0.977 bits per heavy atom. The van der Waals surface area contributed by atoms with Gasteiger partial charge in [-0.05, 0) is 43.0 Å². The van der Waals surface area contributed by atoms with E-state index in [1.54, 1.807) is 25.1 Å². The summed E-state index contributed by atoms with van der Waals surface area (Å²) in [7, 11) is 0. The Morgan fingerprint density at radius 2 is 1.70 bits per heavy atom. The monoisotopic (exact) mass is 658 g/mol. The molecule has 1 fully saturated rings. The number of hydrogen-bond donors (Lipinski definition) is 4. The first-order valence-electron chi connectivity index (χ1n) is 14.4. The number of ether oxygens (including phenoxy) is 2. The maximum Gasteiger partial charge on any atom is 0.325 e. The van der Waals surface area contributed by atoms with E-state index < -0.39 is 48.1 Å². The zero-order chi connectivity index (χ0) is 31.2. The largest absolute Gasteiger partial charge is 0.465 e. The van der Waals surface area contributed by atoms with Crippen LogP contribution >= 0.6 is 15.9 Å². The highest BCUT2D eigenvalue weighted by Gasteiger charge is 2.32. The fourth-order valence-electron chi connectivity index (χ4n) is 4.90. The molecule has 0 unspecified atom stereocenters. The normalized spacial score (nSPS) is 14.7. The van der Waals surface area contributed by atoms with Gasteiger partial charge in [-0.15, -0.1) is 0 Å². The van der Waals surface area contributed by atoms with Crippen molar-refractivity contribution >= 4 is 51.1 Å². The number of halogens is 1. The number of rotatable bonds is 15. The summed E-state index contributed by atoms with van der Waals surface area (Å²) in [6.07, 6.45) is 5.36. The van der Waals surface area contributed by atoms with Crippen LogP contribution in [0.25, 0.3) is 0 Å². The SMILES string of the molecule is CCOC(=O)CNC(=O)C(=O)[C@H](COCc1ccccc1)NC(=O)[C@H](CC1CCCCC1)NC(=O)c1ccc(Br)cc1N. The summed E-state index contributed by atoms with van der Waals surface area (Å²) in [6, 6.07) is 11.7. The Bertz CT molecular complexity index is 1270. The molecule has 2 aromatic rings. The third-order valence-electron chi connectivity index (χ3n) is 7.13. The Hall–Kier alpha value is -3.77. The average Bonchev–Trinajstić information content (AvgIpc) is 2.99. The third-order valence-corrected chi connectivity index (χ3v) is 7.62. The zero-order valence-corrected chi connectivity index (χ0v) is 25.8. The molecule has 12 heteroatoms. The highest BCUT2D eigenvalue weighted by atomic mass is 79.9. The predicted molar refractivity (Wildman–Crippen MR) is 164 cm³/mol. The van der Waals surface area contributed by atoms with Gasteiger partial charge in [0.25, 0.3) is 11.8 Å². The van der Waals surface area contributed by atoms with Gasteiger partial charge >= 0.3 is 5.97 Å². The van der Waals surface area contributed by atoms with E-state index in [0.717, 1.165) is 37.7 Å². The molecule has 43 heavy (non-hydrogen) atoms. The first kappa shape index (κ1) is 33.7. The van der Waals surface area contributed by atoms with Gasteiger partial charge in [0.2, 0.25) is 11.7 Å². The van der Waals surface area contributed by atoms with E-state index >= 15 is 0 Å². The molecule has 3 rings (SSSR count). The first-order chi connectivity index (χ1) is 20.7. The van der Waals surface area contributed by atoms with E-state index in [9.17, 15) is 24.0 Å². The second-order valence-corrected chi connectivity index (χ2v) is 11.3. The second kappa shape index (κ2) is 17.4. The van der Waals surface area contributed by atoms with Crippen LogP contribution < -0.4 is 21.7 Å². The van der Waals surface area contributed by atoms with Gasteiger partial charge in [-0.2, -0.15) is 0 Å². The molecule has 0 heterocycles. The summed E-state index contributed by atoms with van der Waals surface area (Å²) in [6.45, 7) is 1.06. The van der Waals surface area contributed by atoms with E-state index in [2.05, 4.69) is 31.9 Å². The lowest BCUT2D eigenvalue weighted by molar-refractivity contribution is -0.146. The van der Waals surface area contributed by atoms with Crippen molar-refractivity contribution in [3.63, 3.8) is 0 Å². The molecule has 11 nitrogen and oxygen atoms in total. The first-order valence-corrected chi connectivity index (χ1v) is 15.2. The minimum atomic E-state index is -1.37. The van der Waals surface area contributed by atoms with Crippen LogP contribution in [0.1, 0.15) is 61.4 Å². The lowest BCUT2D eigenvalue weighted by Gasteiger charge is -2.28. The van der Waals surface area contributed by atoms with Gasteiger partial charge in [0.05, 0.1) is 25.4 Å². The maximum atomic E-state index is 13.7. The minimum Gasteiger partial charge on any atom is -0.465 e. The minimum absolute atomic E-state index is 0.120. The van der Waals surface area contributed by atoms with Crippen LogP contribution in [0, 0.1) is 5.92 Å². The number of benzene rings is 2. The van der Waals surface area contributed by atoms with E-state index in [1.165, 1.54) is 0 Å². The van der Waals surface area contributed by atoms with E-state index in [-0.39, 0.29) is 37.0 Å². The molecule has 2 aromatic carbocycles. The Balaban J connectivity index is 1.77. The number of nitrogens with one attached hydrogen (secondary N) is 3. The van der Waals surface area contributed by atoms with Crippen molar-refractivity contribution in [1.29, 1.82) is 0 Å². The molecule has 0 aromatic heterocycles. The fourth-order valence-corrected chi connectivity index (χ4v) is 5.28. The average molecular weight is 660 g/mol. The van der Waals surface area contributed by atoms with Gasteiger partial charge in [-0.25, -0.2) is 0 Å². The van der Waals surface area contributed by atoms with E-state index in [1.807, 2.05) is 30.3 Å². The van der Waals surface area contributed by atoms with Gasteiger partial charge in [0.15, 0.2) is 0 Å². The second-order valence-electron chi connectivity index (χ2n) is 10.4. The molecule has 5 N–H and O–H groups in total. The highest BCUT2D eigenvalue weighted by Crippen LogP contribution is 2.28. The van der Waals surface area contributed by atoms with Crippen molar-refractivity contribution in [1.82, 2.24) is 16.0 Å². The van der Waals surface area contributed by atoms with Crippen molar-refractivity contribution in [2.45, 2.75) is 64.1 Å². The highest BCUT2D eigenvalue weighted by molar-refractivity contribution is 9.10. The lowest BCUT2D eigenvalue weighted by atomic mass is 9.84. The number of anilines is 1. The number of hydrogen-bond acceptors (Lipinski definition) is 8. The number of esters is 1. The molecule has 0 aliphatic heterocycles. The summed E-state index contributed by atoms with van der Waals surface area (Å²) in [5, 5.41) is 7.64. The summed E-state index contributed by atoms with van der Waals surface area (Å²) in [4.78, 5) is 64.4. The van der Waals surface area contributed by atoms with Crippen LogP contribution in [0.4, 0.5) is 5.69 Å². The van der Waals surface area contributed by atoms with Crippen molar-refractivity contribution in [2.24, 2.45) is 5.92 Å². The molecule has 1 aliphatic rings. The number of nitrogen functional groups attached to an aromatic ring is 1. The molecule has 0 saturated heterocycles. The van der Waals surface area contributed by atoms with Gasteiger partial charge in [-0.3, -0.25) is 24.0 Å². The van der Waals surface area contributed by atoms with Crippen LogP contribution in [0.5, 0.6) is 0 Å². The quantitative estimate of drug-likeness (QED) is 0.129. The maximum absolute atomic E-state index is 13.7. The van der Waals surface area contributed by atoms with Crippen LogP contribution in [0.15, 0.2) is 53.0 Å². The molecule has 232 valence electrons. The molecular weight excluding hydrogens is 620 g/mol. The van der Waals surface area contributed by atoms with Gasteiger partial charge in [-0.1, -0.05) is 78.4 Å². The lowest BCUT2D eigenvalue weighted by Crippen LogP contribution is -2.56. The zero-order valence-electron chi connectivity index (χ0n) is 24.2. The number of carbonyl (C=O) groups excluding carboxylic acids is 5. The topological polar surface area (TPSA) is 166 Å². The molecule has 1 aliphatic carbocycles. The predicted octanol–water partition coefficient (Wildman–Crippen LogP) is 3.05. The molecule has 0 radical (unpaired) electrons. The fraction of sp³-hybridized carbons (Fsp3) is 0.452. The Labute approximate surface area is 259 Å². The van der Waals surface area contributed by atoms with Crippen molar-refractivity contribution < 1.29 is 33.4 Å². The summed E-state index contributed by atoms with van der Waals surface area (Å²) in [5.41, 5.74) is 7.34. The summed E-state index contributed by atoms with van der Waals surface area (Å²) in [5.74, 6) is -3.73. The third kappa shape index (κ3) is 11.1. The van der Waals surface area contributed by atoms with Crippen LogP contribution in [-0.2, 0) is 35.3 Å². The summed E-state index contributed by atoms with van der Waals surface area (Å²) >= 11 is 3.32. The molecule has 0 spiro atoms. The van der Waals surface area contributed by atoms with Crippen molar-refractivity contribution in [3.05, 3.63) is 64.1 Å². The molecule has 2 atom stereocenters. The molecule has 0 bridgehead atoms. The number of Topliss-reactive ketones (excluding diaryl/α,β-unsaturated/α-hetero) is 1. The van der Waals surface area contributed by atoms with Crippen LogP contribution in [0.3, 0.4) is 0 Å². The standard InChI is InChI=1S/C31H39BrN4O7/c1-2-43-27(37)17-34-31(41)28(38)26(19-42-18-21-11-7-4-8-12-21)36-30(40)25(15-20-9-5-3-6-10-20)35-29(39)23-14-13-22(32)16-24(23)33/h4,7-8,11-14,16,20,25-26H,2-3,5-6,9-10,15,17-19,33H2,1H3,(H,34,41)(H,35,39)(H,36,40)/t25-,26-/m0/s1. The molecular formula is C31H39BrN4O7. The number of amides is 3. The van der Waals surface area contributed by atoms with Crippen LogP contribution in [-0.4, -0.2) is 61.3 Å². The smallest absolute Gasteiger partial charge is 0.325 e. The van der Waals surface area contributed by atoms with Gasteiger partial charge in [0, 0.05) is 10.2 Å². The Kier molecular flexibility index (Phi) is 13.6. The van der Waals surface area contributed by atoms with Crippen LogP contribution in [0.2, 0.25) is 0 Å². The van der Waals surface area contributed by atoms with Crippen molar-refractivity contribution in [2.75, 3.05) is 25.5 Å². The molecule has 3 amide bonds. The summed E-state index contributed by atoms with van der Waals surface area (Å²) < 4.78 is 11.2. The van der Waals surface area contributed by atoms with E-state index in [4.69, 9.17) is 15.2 Å². The van der Waals surface area contributed by atoms with Gasteiger partial charge < -0.3 is 31.2 Å². The molecule has 1 saturated carbocycles. The van der Waals surface area contributed by atoms with Gasteiger partial charge in [0.1, 0.15) is 18.6 Å². The number of nitrogens with two attached hydrogens (primary N) is 1. The van der Waals surface area contributed by atoms with E-state index in [0.29, 0.717) is 10.9 Å². The van der Waals surface area contributed by atoms with Crippen molar-refractivity contribution in [3.8, 4) is 0 Å². The number of carbonyl (C=O) groups is 5. The number of ketones is 1.